The summed E-state index contributed by atoms with van der Waals surface area (Å²) in [6.45, 7) is 0.868. The molecule has 6 heteroatoms. The summed E-state index contributed by atoms with van der Waals surface area (Å²) in [4.78, 5) is 0. The molecule has 0 aliphatic heterocycles. The zero-order chi connectivity index (χ0) is 15.5. The summed E-state index contributed by atoms with van der Waals surface area (Å²) < 4.78 is 37.3. The van der Waals surface area contributed by atoms with Gasteiger partial charge in [0, 0.05) is 13.1 Å². The van der Waals surface area contributed by atoms with E-state index in [4.69, 9.17) is 0 Å². The molecule has 2 rings (SSSR count). The Labute approximate surface area is 121 Å². The van der Waals surface area contributed by atoms with Crippen molar-refractivity contribution in [1.29, 1.82) is 0 Å². The normalized spacial score (nSPS) is 24.2. The van der Waals surface area contributed by atoms with Crippen molar-refractivity contribution < 1.29 is 23.4 Å². The van der Waals surface area contributed by atoms with Gasteiger partial charge in [-0.3, -0.25) is 0 Å². The number of hydrogen-bond donors (Lipinski definition) is 3. The summed E-state index contributed by atoms with van der Waals surface area (Å²) in [6, 6.07) is 4.53. The number of halogens is 3. The van der Waals surface area contributed by atoms with Gasteiger partial charge in [-0.2, -0.15) is 13.2 Å². The molecule has 1 aromatic carbocycles. The summed E-state index contributed by atoms with van der Waals surface area (Å²) in [6.07, 6.45) is -2.72. The maximum Gasteiger partial charge on any atom is 0.416 e. The molecule has 3 atom stereocenters. The third kappa shape index (κ3) is 4.43. The molecule has 0 aromatic heterocycles. The fraction of sp³-hybridized carbons (Fsp3) is 0.600. The first kappa shape index (κ1) is 16.3. The van der Waals surface area contributed by atoms with Crippen molar-refractivity contribution >= 4 is 0 Å². The van der Waals surface area contributed by atoms with Crippen LogP contribution in [0.3, 0.4) is 0 Å². The van der Waals surface area contributed by atoms with E-state index in [2.05, 4.69) is 5.32 Å². The number of nitrogens with one attached hydrogen (secondary N) is 1. The number of aliphatic hydroxyl groups is 2. The standard InChI is InChI=1S/C15H20F3NO2/c16-15(17,18)12-6-4-10(5-7-12)14(21)9-19-8-11-2-1-3-13(11)20/h4-7,11,13-14,19-21H,1-3,8-9H2. The molecule has 1 aromatic rings. The first-order valence-corrected chi connectivity index (χ1v) is 7.12. The lowest BCUT2D eigenvalue weighted by molar-refractivity contribution is -0.137. The van der Waals surface area contributed by atoms with Crippen molar-refractivity contribution in [2.24, 2.45) is 5.92 Å². The Morgan fingerprint density at radius 1 is 1.19 bits per heavy atom. The first-order chi connectivity index (χ1) is 9.88. The van der Waals surface area contributed by atoms with Crippen LogP contribution in [0.5, 0.6) is 0 Å². The topological polar surface area (TPSA) is 52.5 Å². The quantitative estimate of drug-likeness (QED) is 0.783. The summed E-state index contributed by atoms with van der Waals surface area (Å²) >= 11 is 0. The summed E-state index contributed by atoms with van der Waals surface area (Å²) in [5, 5.41) is 22.7. The van der Waals surface area contributed by atoms with Gasteiger partial charge in [0.25, 0.3) is 0 Å². The van der Waals surface area contributed by atoms with Crippen LogP contribution in [0.15, 0.2) is 24.3 Å². The summed E-state index contributed by atoms with van der Waals surface area (Å²) in [5.74, 6) is 0.199. The van der Waals surface area contributed by atoms with E-state index >= 15 is 0 Å². The number of benzene rings is 1. The van der Waals surface area contributed by atoms with Crippen molar-refractivity contribution in [3.8, 4) is 0 Å². The van der Waals surface area contributed by atoms with Crippen molar-refractivity contribution in [3.05, 3.63) is 35.4 Å². The first-order valence-electron chi connectivity index (χ1n) is 7.12. The molecular weight excluding hydrogens is 283 g/mol. The van der Waals surface area contributed by atoms with Gasteiger partial charge >= 0.3 is 6.18 Å². The fourth-order valence-corrected chi connectivity index (χ4v) is 2.67. The van der Waals surface area contributed by atoms with E-state index in [1.165, 1.54) is 12.1 Å². The van der Waals surface area contributed by atoms with Crippen LogP contribution in [0.4, 0.5) is 13.2 Å². The van der Waals surface area contributed by atoms with E-state index in [0.29, 0.717) is 12.1 Å². The predicted molar refractivity (Wildman–Crippen MR) is 72.6 cm³/mol. The van der Waals surface area contributed by atoms with Crippen molar-refractivity contribution in [2.45, 2.75) is 37.6 Å². The van der Waals surface area contributed by atoms with E-state index in [-0.39, 0.29) is 18.6 Å². The molecule has 1 saturated carbocycles. The van der Waals surface area contributed by atoms with Crippen molar-refractivity contribution in [3.63, 3.8) is 0 Å². The molecule has 1 fully saturated rings. The molecule has 0 amide bonds. The third-order valence-electron chi connectivity index (χ3n) is 3.99. The average Bonchev–Trinajstić information content (AvgIpc) is 2.83. The van der Waals surface area contributed by atoms with Gasteiger partial charge < -0.3 is 15.5 Å². The lowest BCUT2D eigenvalue weighted by Crippen LogP contribution is -2.30. The smallest absolute Gasteiger partial charge is 0.393 e. The van der Waals surface area contributed by atoms with Crippen LogP contribution in [0.25, 0.3) is 0 Å². The minimum atomic E-state index is -4.36. The highest BCUT2D eigenvalue weighted by Crippen LogP contribution is 2.30. The Morgan fingerprint density at radius 3 is 2.38 bits per heavy atom. The SMILES string of the molecule is OC(CNCC1CCCC1O)c1ccc(C(F)(F)F)cc1. The minimum absolute atomic E-state index is 0.199. The predicted octanol–water partition coefficient (Wildman–Crippen LogP) is 2.49. The number of hydrogen-bond acceptors (Lipinski definition) is 3. The molecule has 0 bridgehead atoms. The molecule has 0 saturated heterocycles. The number of alkyl halides is 3. The van der Waals surface area contributed by atoms with Crippen LogP contribution < -0.4 is 5.32 Å². The second-order valence-corrected chi connectivity index (χ2v) is 5.55. The number of aliphatic hydroxyl groups excluding tert-OH is 2. The molecule has 1 aliphatic carbocycles. The number of rotatable bonds is 5. The molecule has 3 nitrogen and oxygen atoms in total. The zero-order valence-corrected chi connectivity index (χ0v) is 11.6. The van der Waals surface area contributed by atoms with Gasteiger partial charge in [-0.05, 0) is 36.5 Å². The molecule has 0 radical (unpaired) electrons. The van der Waals surface area contributed by atoms with Crippen LogP contribution in [-0.4, -0.2) is 29.4 Å². The monoisotopic (exact) mass is 303 g/mol. The fourth-order valence-electron chi connectivity index (χ4n) is 2.67. The Kier molecular flexibility index (Phi) is 5.24. The molecule has 3 unspecified atom stereocenters. The lowest BCUT2D eigenvalue weighted by atomic mass is 10.0. The molecule has 0 spiro atoms. The van der Waals surface area contributed by atoms with Crippen LogP contribution in [0.1, 0.15) is 36.5 Å². The molecule has 118 valence electrons. The highest BCUT2D eigenvalue weighted by molar-refractivity contribution is 5.26. The lowest BCUT2D eigenvalue weighted by Gasteiger charge is -2.18. The van der Waals surface area contributed by atoms with Gasteiger partial charge in [-0.15, -0.1) is 0 Å². The van der Waals surface area contributed by atoms with E-state index in [1.807, 2.05) is 0 Å². The Balaban J connectivity index is 1.81. The van der Waals surface area contributed by atoms with Gasteiger partial charge in [-0.25, -0.2) is 0 Å². The average molecular weight is 303 g/mol. The van der Waals surface area contributed by atoms with Crippen molar-refractivity contribution in [2.75, 3.05) is 13.1 Å². The molecule has 3 N–H and O–H groups in total. The maximum atomic E-state index is 12.4. The van der Waals surface area contributed by atoms with Crippen LogP contribution in [0, 0.1) is 5.92 Å². The summed E-state index contributed by atoms with van der Waals surface area (Å²) in [5.41, 5.74) is -0.275. The highest BCUT2D eigenvalue weighted by Gasteiger charge is 2.30. The van der Waals surface area contributed by atoms with Gasteiger partial charge in [0.2, 0.25) is 0 Å². The second kappa shape index (κ2) is 6.77. The Morgan fingerprint density at radius 2 is 1.86 bits per heavy atom. The van der Waals surface area contributed by atoms with E-state index in [9.17, 15) is 23.4 Å². The zero-order valence-electron chi connectivity index (χ0n) is 11.6. The van der Waals surface area contributed by atoms with E-state index in [0.717, 1.165) is 31.4 Å². The molecule has 0 heterocycles. The largest absolute Gasteiger partial charge is 0.416 e. The van der Waals surface area contributed by atoms with Gasteiger partial charge in [-0.1, -0.05) is 18.6 Å². The Bertz CT molecular complexity index is 447. The molecule has 21 heavy (non-hydrogen) atoms. The maximum absolute atomic E-state index is 12.4. The molecule has 1 aliphatic rings. The van der Waals surface area contributed by atoms with Crippen LogP contribution >= 0.6 is 0 Å². The van der Waals surface area contributed by atoms with Crippen LogP contribution in [-0.2, 0) is 6.18 Å². The van der Waals surface area contributed by atoms with Crippen molar-refractivity contribution in [1.82, 2.24) is 5.32 Å². The van der Waals surface area contributed by atoms with Gasteiger partial charge in [0.1, 0.15) is 0 Å². The minimum Gasteiger partial charge on any atom is -0.393 e. The van der Waals surface area contributed by atoms with E-state index in [1.54, 1.807) is 0 Å². The highest BCUT2D eigenvalue weighted by atomic mass is 19.4. The van der Waals surface area contributed by atoms with Gasteiger partial charge in [0.15, 0.2) is 0 Å². The Hall–Kier alpha value is -1.11. The van der Waals surface area contributed by atoms with Gasteiger partial charge in [0.05, 0.1) is 17.8 Å². The van der Waals surface area contributed by atoms with E-state index < -0.39 is 17.8 Å². The van der Waals surface area contributed by atoms with Crippen LogP contribution in [0.2, 0.25) is 0 Å². The third-order valence-corrected chi connectivity index (χ3v) is 3.99. The molecular formula is C15H20F3NO2. The summed E-state index contributed by atoms with van der Waals surface area (Å²) in [7, 11) is 0. The second-order valence-electron chi connectivity index (χ2n) is 5.55.